The highest BCUT2D eigenvalue weighted by Crippen LogP contribution is 2.42. The van der Waals surface area contributed by atoms with Crippen LogP contribution in [0.25, 0.3) is 0 Å². The van der Waals surface area contributed by atoms with Crippen LogP contribution >= 0.6 is 0 Å². The van der Waals surface area contributed by atoms with Gasteiger partial charge < -0.3 is 10.1 Å². The predicted octanol–water partition coefficient (Wildman–Crippen LogP) is 1.43. The lowest BCUT2D eigenvalue weighted by atomic mass is 9.68. The first-order chi connectivity index (χ1) is 6.58. The Balaban J connectivity index is 2.88. The number of methoxy groups -OCH3 is 1. The van der Waals surface area contributed by atoms with E-state index < -0.39 is 0 Å². The van der Waals surface area contributed by atoms with Crippen LogP contribution in [0.3, 0.4) is 0 Å². The lowest BCUT2D eigenvalue weighted by molar-refractivity contribution is -0.149. The van der Waals surface area contributed by atoms with Crippen LogP contribution in [0.2, 0.25) is 0 Å². The van der Waals surface area contributed by atoms with Crippen molar-refractivity contribution >= 4 is 5.97 Å². The normalized spacial score (nSPS) is 32.2. The standard InChI is InChI=1S/C11H21NO2/c1-5-11(8(2)3)7-12-6-9(11)10(13)14-4/h8-9,12H,5-7H2,1-4H3. The van der Waals surface area contributed by atoms with Crippen molar-refractivity contribution in [1.29, 1.82) is 0 Å². The Kier molecular flexibility index (Phi) is 3.53. The Morgan fingerprint density at radius 3 is 2.71 bits per heavy atom. The monoisotopic (exact) mass is 199 g/mol. The Hall–Kier alpha value is -0.570. The molecule has 0 spiro atoms. The SMILES string of the molecule is CCC1(C(C)C)CNCC1C(=O)OC. The van der Waals surface area contributed by atoms with E-state index in [4.69, 9.17) is 4.74 Å². The van der Waals surface area contributed by atoms with Gasteiger partial charge in [-0.3, -0.25) is 4.79 Å². The second-order valence-corrected chi connectivity index (χ2v) is 4.45. The minimum Gasteiger partial charge on any atom is -0.469 e. The molecule has 1 aliphatic heterocycles. The van der Waals surface area contributed by atoms with E-state index >= 15 is 0 Å². The van der Waals surface area contributed by atoms with Gasteiger partial charge in [-0.25, -0.2) is 0 Å². The average molecular weight is 199 g/mol. The summed E-state index contributed by atoms with van der Waals surface area (Å²) in [4.78, 5) is 11.6. The number of hydrogen-bond acceptors (Lipinski definition) is 3. The molecule has 2 atom stereocenters. The Labute approximate surface area is 86.2 Å². The molecule has 0 aliphatic carbocycles. The van der Waals surface area contributed by atoms with E-state index in [2.05, 4.69) is 26.1 Å². The molecule has 0 aromatic heterocycles. The van der Waals surface area contributed by atoms with Gasteiger partial charge in [0.15, 0.2) is 0 Å². The minimum atomic E-state index is -0.0643. The van der Waals surface area contributed by atoms with Crippen LogP contribution in [0.4, 0.5) is 0 Å². The van der Waals surface area contributed by atoms with Crippen LogP contribution in [0.1, 0.15) is 27.2 Å². The van der Waals surface area contributed by atoms with E-state index in [-0.39, 0.29) is 17.3 Å². The molecule has 14 heavy (non-hydrogen) atoms. The summed E-state index contributed by atoms with van der Waals surface area (Å²) in [5.41, 5.74) is 0.0904. The molecule has 1 fully saturated rings. The first-order valence-electron chi connectivity index (χ1n) is 5.37. The smallest absolute Gasteiger partial charge is 0.310 e. The zero-order chi connectivity index (χ0) is 10.8. The minimum absolute atomic E-state index is 0.0255. The maximum Gasteiger partial charge on any atom is 0.310 e. The van der Waals surface area contributed by atoms with Gasteiger partial charge in [0.2, 0.25) is 0 Å². The molecule has 1 aliphatic rings. The van der Waals surface area contributed by atoms with E-state index in [0.29, 0.717) is 5.92 Å². The van der Waals surface area contributed by atoms with Gasteiger partial charge >= 0.3 is 5.97 Å². The molecule has 1 N–H and O–H groups in total. The van der Waals surface area contributed by atoms with E-state index in [9.17, 15) is 4.79 Å². The zero-order valence-corrected chi connectivity index (χ0v) is 9.59. The van der Waals surface area contributed by atoms with Crippen LogP contribution in [0.15, 0.2) is 0 Å². The highest BCUT2D eigenvalue weighted by molar-refractivity contribution is 5.74. The Bertz CT molecular complexity index is 215. The molecule has 1 heterocycles. The second-order valence-electron chi connectivity index (χ2n) is 4.45. The van der Waals surface area contributed by atoms with Crippen molar-refractivity contribution in [1.82, 2.24) is 5.32 Å². The third-order valence-electron chi connectivity index (χ3n) is 3.79. The number of rotatable bonds is 3. The summed E-state index contributed by atoms with van der Waals surface area (Å²) < 4.78 is 4.86. The maximum absolute atomic E-state index is 11.6. The largest absolute Gasteiger partial charge is 0.469 e. The molecule has 0 amide bonds. The average Bonchev–Trinajstić information content (AvgIpc) is 2.61. The van der Waals surface area contributed by atoms with Crippen molar-refractivity contribution in [2.45, 2.75) is 27.2 Å². The summed E-state index contributed by atoms with van der Waals surface area (Å²) in [6.07, 6.45) is 1.03. The van der Waals surface area contributed by atoms with E-state index in [1.807, 2.05) is 0 Å². The van der Waals surface area contributed by atoms with Crippen LogP contribution < -0.4 is 5.32 Å². The molecule has 1 rings (SSSR count). The molecule has 1 saturated heterocycles. The fourth-order valence-electron chi connectivity index (χ4n) is 2.62. The van der Waals surface area contributed by atoms with Crippen molar-refractivity contribution in [3.8, 4) is 0 Å². The van der Waals surface area contributed by atoms with Gasteiger partial charge in [0, 0.05) is 13.1 Å². The third kappa shape index (κ3) is 1.65. The quantitative estimate of drug-likeness (QED) is 0.699. The van der Waals surface area contributed by atoms with Gasteiger partial charge in [-0.2, -0.15) is 0 Å². The fourth-order valence-corrected chi connectivity index (χ4v) is 2.62. The van der Waals surface area contributed by atoms with Crippen molar-refractivity contribution in [3.63, 3.8) is 0 Å². The lowest BCUT2D eigenvalue weighted by Crippen LogP contribution is -2.39. The summed E-state index contributed by atoms with van der Waals surface area (Å²) in [6, 6.07) is 0. The second kappa shape index (κ2) is 4.30. The van der Waals surface area contributed by atoms with Crippen LogP contribution in [-0.2, 0) is 9.53 Å². The van der Waals surface area contributed by atoms with Crippen molar-refractivity contribution in [2.75, 3.05) is 20.2 Å². The molecule has 3 nitrogen and oxygen atoms in total. The Morgan fingerprint density at radius 2 is 2.29 bits per heavy atom. The Morgan fingerprint density at radius 1 is 1.64 bits per heavy atom. The van der Waals surface area contributed by atoms with Gasteiger partial charge in [0.05, 0.1) is 13.0 Å². The molecule has 0 aromatic carbocycles. The van der Waals surface area contributed by atoms with E-state index in [1.54, 1.807) is 0 Å². The highest BCUT2D eigenvalue weighted by atomic mass is 16.5. The topological polar surface area (TPSA) is 38.3 Å². The molecule has 0 radical (unpaired) electrons. The fraction of sp³-hybridized carbons (Fsp3) is 0.909. The summed E-state index contributed by atoms with van der Waals surface area (Å²) in [7, 11) is 1.47. The van der Waals surface area contributed by atoms with Gasteiger partial charge in [0.25, 0.3) is 0 Å². The summed E-state index contributed by atoms with van der Waals surface area (Å²) in [5, 5.41) is 3.31. The lowest BCUT2D eigenvalue weighted by Gasteiger charge is -2.36. The van der Waals surface area contributed by atoms with Gasteiger partial charge in [0.1, 0.15) is 0 Å². The van der Waals surface area contributed by atoms with Crippen LogP contribution in [-0.4, -0.2) is 26.2 Å². The van der Waals surface area contributed by atoms with Crippen LogP contribution in [0.5, 0.6) is 0 Å². The molecule has 2 unspecified atom stereocenters. The van der Waals surface area contributed by atoms with Gasteiger partial charge in [-0.05, 0) is 17.8 Å². The highest BCUT2D eigenvalue weighted by Gasteiger charge is 2.48. The van der Waals surface area contributed by atoms with Gasteiger partial charge in [-0.15, -0.1) is 0 Å². The van der Waals surface area contributed by atoms with Crippen molar-refractivity contribution < 1.29 is 9.53 Å². The number of carbonyl (C=O) groups excluding carboxylic acids is 1. The van der Waals surface area contributed by atoms with Crippen LogP contribution in [0, 0.1) is 17.3 Å². The molecule has 0 saturated carbocycles. The first kappa shape index (κ1) is 11.5. The molecular formula is C11H21NO2. The maximum atomic E-state index is 11.6. The van der Waals surface area contributed by atoms with Crippen molar-refractivity contribution in [2.24, 2.45) is 17.3 Å². The molecular weight excluding hydrogens is 178 g/mol. The summed E-state index contributed by atoms with van der Waals surface area (Å²) >= 11 is 0. The summed E-state index contributed by atoms with van der Waals surface area (Å²) in [5.74, 6) is 0.467. The third-order valence-corrected chi connectivity index (χ3v) is 3.79. The molecule has 0 bridgehead atoms. The predicted molar refractivity (Wildman–Crippen MR) is 55.9 cm³/mol. The van der Waals surface area contributed by atoms with Gasteiger partial charge in [-0.1, -0.05) is 20.8 Å². The number of nitrogens with one attached hydrogen (secondary N) is 1. The van der Waals surface area contributed by atoms with Crippen molar-refractivity contribution in [3.05, 3.63) is 0 Å². The molecule has 0 aromatic rings. The first-order valence-corrected chi connectivity index (χ1v) is 5.37. The summed E-state index contributed by atoms with van der Waals surface area (Å²) in [6.45, 7) is 8.22. The number of hydrogen-bond donors (Lipinski definition) is 1. The van der Waals surface area contributed by atoms with E-state index in [0.717, 1.165) is 19.5 Å². The molecule has 82 valence electrons. The number of carbonyl (C=O) groups is 1. The van der Waals surface area contributed by atoms with E-state index in [1.165, 1.54) is 7.11 Å². The number of esters is 1. The molecule has 3 heteroatoms. The zero-order valence-electron chi connectivity index (χ0n) is 9.59. The number of ether oxygens (including phenoxy) is 1.